The number of methoxy groups -OCH3 is 1. The molecule has 1 aliphatic rings. The second kappa shape index (κ2) is 6.89. The molecule has 1 atom stereocenters. The molecule has 8 heteroatoms. The standard InChI is InChI=1S/C13H13N3O4S/c1-20-9-5-3-2-4-8(9)7-14-16-13-15-12(19)10(21-13)6-11(17)18/h2-5,7,10H,6H2,1H3,(H,17,18)(H,15,16,19)/b14-7-/t10-/m0/s1. The molecule has 0 radical (unpaired) electrons. The van der Waals surface area contributed by atoms with Crippen LogP contribution < -0.4 is 10.1 Å². The highest BCUT2D eigenvalue weighted by molar-refractivity contribution is 8.15. The molecule has 1 saturated heterocycles. The lowest BCUT2D eigenvalue weighted by atomic mass is 10.2. The maximum Gasteiger partial charge on any atom is 0.305 e. The van der Waals surface area contributed by atoms with E-state index in [2.05, 4.69) is 15.5 Å². The number of ether oxygens (including phenoxy) is 1. The number of amidine groups is 1. The van der Waals surface area contributed by atoms with Gasteiger partial charge in [-0.1, -0.05) is 23.9 Å². The Hall–Kier alpha value is -2.35. The van der Waals surface area contributed by atoms with Crippen molar-refractivity contribution in [3.63, 3.8) is 0 Å². The average Bonchev–Trinajstić information content (AvgIpc) is 2.79. The van der Waals surface area contributed by atoms with Crippen molar-refractivity contribution in [3.8, 4) is 5.75 Å². The fraction of sp³-hybridized carbons (Fsp3) is 0.231. The molecule has 1 fully saturated rings. The lowest BCUT2D eigenvalue weighted by Crippen LogP contribution is -2.26. The van der Waals surface area contributed by atoms with Gasteiger partial charge in [0.2, 0.25) is 5.91 Å². The van der Waals surface area contributed by atoms with Gasteiger partial charge in [0.25, 0.3) is 0 Å². The van der Waals surface area contributed by atoms with Crippen LogP contribution in [-0.2, 0) is 9.59 Å². The number of benzene rings is 1. The number of carboxylic acid groups (broad SMARTS) is 1. The van der Waals surface area contributed by atoms with Gasteiger partial charge in [-0.15, -0.1) is 5.10 Å². The summed E-state index contributed by atoms with van der Waals surface area (Å²) in [6.45, 7) is 0. The van der Waals surface area contributed by atoms with Gasteiger partial charge in [0.1, 0.15) is 11.0 Å². The molecule has 1 aromatic carbocycles. The summed E-state index contributed by atoms with van der Waals surface area (Å²) >= 11 is 1.06. The van der Waals surface area contributed by atoms with Gasteiger partial charge in [-0.05, 0) is 12.1 Å². The van der Waals surface area contributed by atoms with Gasteiger partial charge in [-0.25, -0.2) is 0 Å². The number of hydrogen-bond acceptors (Lipinski definition) is 6. The zero-order valence-corrected chi connectivity index (χ0v) is 12.0. The third-order valence-corrected chi connectivity index (χ3v) is 3.69. The molecule has 1 heterocycles. The van der Waals surface area contributed by atoms with E-state index < -0.39 is 11.2 Å². The molecule has 0 saturated carbocycles. The van der Waals surface area contributed by atoms with Gasteiger partial charge in [0.15, 0.2) is 5.17 Å². The normalized spacial score (nSPS) is 20.0. The summed E-state index contributed by atoms with van der Waals surface area (Å²) in [6.07, 6.45) is 1.26. The molecular formula is C13H13N3O4S. The lowest BCUT2D eigenvalue weighted by molar-refractivity contribution is -0.138. The zero-order chi connectivity index (χ0) is 15.2. The molecule has 0 unspecified atom stereocenters. The van der Waals surface area contributed by atoms with Crippen LogP contribution in [0.2, 0.25) is 0 Å². The highest BCUT2D eigenvalue weighted by atomic mass is 32.2. The van der Waals surface area contributed by atoms with Crippen LogP contribution >= 0.6 is 11.8 Å². The largest absolute Gasteiger partial charge is 0.496 e. The fourth-order valence-corrected chi connectivity index (χ4v) is 2.58. The maximum absolute atomic E-state index is 11.5. The summed E-state index contributed by atoms with van der Waals surface area (Å²) in [4.78, 5) is 22.1. The van der Waals surface area contributed by atoms with Crippen LogP contribution in [0.25, 0.3) is 0 Å². The van der Waals surface area contributed by atoms with E-state index in [9.17, 15) is 9.59 Å². The third-order valence-electron chi connectivity index (χ3n) is 2.62. The molecule has 1 aromatic rings. The lowest BCUT2D eigenvalue weighted by Gasteiger charge is -2.01. The third kappa shape index (κ3) is 4.06. The molecule has 110 valence electrons. The van der Waals surface area contributed by atoms with E-state index in [0.29, 0.717) is 5.75 Å². The van der Waals surface area contributed by atoms with E-state index in [0.717, 1.165) is 17.3 Å². The second-order valence-corrected chi connectivity index (χ2v) is 5.28. The minimum absolute atomic E-state index is 0.244. The first-order valence-corrected chi connectivity index (χ1v) is 6.91. The van der Waals surface area contributed by atoms with E-state index in [4.69, 9.17) is 9.84 Å². The van der Waals surface area contributed by atoms with Crippen molar-refractivity contribution < 1.29 is 19.4 Å². The molecule has 0 spiro atoms. The van der Waals surface area contributed by atoms with Crippen molar-refractivity contribution in [1.82, 2.24) is 5.32 Å². The average molecular weight is 307 g/mol. The number of nitrogens with one attached hydrogen (secondary N) is 1. The van der Waals surface area contributed by atoms with Gasteiger partial charge < -0.3 is 15.2 Å². The SMILES string of the molecule is COc1ccccc1/C=N\N=C1\NC(=O)[C@H](CC(=O)O)S1. The first kappa shape index (κ1) is 15.0. The van der Waals surface area contributed by atoms with Gasteiger partial charge >= 0.3 is 5.97 Å². The van der Waals surface area contributed by atoms with Gasteiger partial charge in [-0.2, -0.15) is 5.10 Å². The van der Waals surface area contributed by atoms with Crippen LogP contribution in [0.1, 0.15) is 12.0 Å². The summed E-state index contributed by atoms with van der Waals surface area (Å²) in [7, 11) is 1.56. The zero-order valence-electron chi connectivity index (χ0n) is 11.1. The first-order valence-electron chi connectivity index (χ1n) is 6.03. The van der Waals surface area contributed by atoms with Crippen LogP contribution in [0, 0.1) is 0 Å². The van der Waals surface area contributed by atoms with Gasteiger partial charge in [0, 0.05) is 5.56 Å². The Labute approximate surface area is 125 Å². The van der Waals surface area contributed by atoms with Crippen LogP contribution in [0.5, 0.6) is 5.75 Å². The topological polar surface area (TPSA) is 100 Å². The van der Waals surface area contributed by atoms with E-state index >= 15 is 0 Å². The molecule has 7 nitrogen and oxygen atoms in total. The van der Waals surface area contributed by atoms with E-state index in [1.807, 2.05) is 18.2 Å². The van der Waals surface area contributed by atoms with Crippen molar-refractivity contribution in [2.75, 3.05) is 7.11 Å². The number of para-hydroxylation sites is 1. The van der Waals surface area contributed by atoms with Crippen LogP contribution in [0.15, 0.2) is 34.5 Å². The monoisotopic (exact) mass is 307 g/mol. The molecular weight excluding hydrogens is 294 g/mol. The summed E-state index contributed by atoms with van der Waals surface area (Å²) in [5, 5.41) is 18.5. The molecule has 2 N–H and O–H groups in total. The first-order chi connectivity index (χ1) is 10.1. The molecule has 1 aliphatic heterocycles. The van der Waals surface area contributed by atoms with Crippen molar-refractivity contribution in [1.29, 1.82) is 0 Å². The highest BCUT2D eigenvalue weighted by Crippen LogP contribution is 2.22. The number of hydrogen-bond donors (Lipinski definition) is 2. The number of aliphatic carboxylic acids is 1. The van der Waals surface area contributed by atoms with Crippen molar-refractivity contribution in [3.05, 3.63) is 29.8 Å². The van der Waals surface area contributed by atoms with Crippen LogP contribution in [0.3, 0.4) is 0 Å². The smallest absolute Gasteiger partial charge is 0.305 e. The minimum atomic E-state index is -1.03. The minimum Gasteiger partial charge on any atom is -0.496 e. The Bertz CT molecular complexity index is 615. The van der Waals surface area contributed by atoms with E-state index in [1.165, 1.54) is 6.21 Å². The fourth-order valence-electron chi connectivity index (χ4n) is 1.66. The molecule has 2 rings (SSSR count). The number of thioether (sulfide) groups is 1. The van der Waals surface area contributed by atoms with Crippen molar-refractivity contribution in [2.45, 2.75) is 11.7 Å². The van der Waals surface area contributed by atoms with Crippen molar-refractivity contribution >= 4 is 35.0 Å². The van der Waals surface area contributed by atoms with Crippen molar-refractivity contribution in [2.24, 2.45) is 10.2 Å². The molecule has 0 aromatic heterocycles. The number of carbonyl (C=O) groups excluding carboxylic acids is 1. The highest BCUT2D eigenvalue weighted by Gasteiger charge is 2.32. The Morgan fingerprint density at radius 2 is 2.29 bits per heavy atom. The molecule has 1 amide bonds. The molecule has 21 heavy (non-hydrogen) atoms. The Morgan fingerprint density at radius 1 is 1.52 bits per heavy atom. The second-order valence-electron chi connectivity index (χ2n) is 4.09. The predicted octanol–water partition coefficient (Wildman–Crippen LogP) is 1.09. The van der Waals surface area contributed by atoms with Gasteiger partial charge in [-0.3, -0.25) is 9.59 Å². The maximum atomic E-state index is 11.5. The Kier molecular flexibility index (Phi) is 4.94. The van der Waals surface area contributed by atoms with E-state index in [1.54, 1.807) is 13.2 Å². The van der Waals surface area contributed by atoms with Crippen LogP contribution in [-0.4, -0.2) is 40.7 Å². The van der Waals surface area contributed by atoms with Gasteiger partial charge in [0.05, 0.1) is 19.7 Å². The number of amides is 1. The molecule has 0 bridgehead atoms. The van der Waals surface area contributed by atoms with E-state index in [-0.39, 0.29) is 17.5 Å². The number of nitrogens with zero attached hydrogens (tertiary/aromatic N) is 2. The summed E-state index contributed by atoms with van der Waals surface area (Å²) in [5.74, 6) is -0.733. The van der Waals surface area contributed by atoms with Crippen LogP contribution in [0.4, 0.5) is 0 Å². The number of rotatable bonds is 5. The summed E-state index contributed by atoms with van der Waals surface area (Å²) < 4.78 is 5.17. The number of carboxylic acids is 1. The predicted molar refractivity (Wildman–Crippen MR) is 79.8 cm³/mol. The Balaban J connectivity index is 2.03. The Morgan fingerprint density at radius 3 is 3.00 bits per heavy atom. The molecule has 0 aliphatic carbocycles. The quantitative estimate of drug-likeness (QED) is 0.626. The summed E-state index contributed by atoms with van der Waals surface area (Å²) in [6, 6.07) is 7.29. The number of carbonyl (C=O) groups is 2. The summed E-state index contributed by atoms with van der Waals surface area (Å²) in [5.41, 5.74) is 0.751.